The normalized spacial score (nSPS) is 11.2. The molecule has 100 valence electrons. The fourth-order valence-electron chi connectivity index (χ4n) is 1.65. The Morgan fingerprint density at radius 1 is 1.33 bits per heavy atom. The van der Waals surface area contributed by atoms with Gasteiger partial charge in [-0.2, -0.15) is 0 Å². The molecule has 0 atom stereocenters. The van der Waals surface area contributed by atoms with Crippen LogP contribution < -0.4 is 10.1 Å². The molecule has 18 heavy (non-hydrogen) atoms. The van der Waals surface area contributed by atoms with Crippen LogP contribution >= 0.6 is 0 Å². The first kappa shape index (κ1) is 14.5. The van der Waals surface area contributed by atoms with Crippen molar-refractivity contribution in [1.82, 2.24) is 5.32 Å². The molecule has 1 aromatic rings. The molecule has 0 bridgehead atoms. The Labute approximate surface area is 108 Å². The van der Waals surface area contributed by atoms with Crippen molar-refractivity contribution in [3.05, 3.63) is 28.8 Å². The molecule has 0 aliphatic carbocycles. The minimum Gasteiger partial charge on any atom is -0.496 e. The number of hydrogen-bond acceptors (Lipinski definition) is 3. The molecule has 0 radical (unpaired) electrons. The highest BCUT2D eigenvalue weighted by Gasteiger charge is 2.23. The standard InChI is InChI=1S/C14H21NO3/c1-9-7-12(18-5)10(2)6-11(9)8-15-13(16)14(3,4)17/h6-7,17H,8H2,1-5H3,(H,15,16). The number of ether oxygens (including phenoxy) is 1. The molecule has 0 spiro atoms. The maximum atomic E-state index is 11.6. The Bertz CT molecular complexity index is 447. The van der Waals surface area contributed by atoms with Gasteiger partial charge in [0.15, 0.2) is 0 Å². The van der Waals surface area contributed by atoms with Gasteiger partial charge in [0.05, 0.1) is 7.11 Å². The summed E-state index contributed by atoms with van der Waals surface area (Å²) >= 11 is 0. The summed E-state index contributed by atoms with van der Waals surface area (Å²) in [7, 11) is 1.64. The molecule has 1 rings (SSSR count). The summed E-state index contributed by atoms with van der Waals surface area (Å²) < 4.78 is 5.23. The van der Waals surface area contributed by atoms with Crippen molar-refractivity contribution in [3.8, 4) is 5.75 Å². The minimum absolute atomic E-state index is 0.379. The molecule has 0 fully saturated rings. The zero-order chi connectivity index (χ0) is 13.9. The summed E-state index contributed by atoms with van der Waals surface area (Å²) in [6.45, 7) is 7.26. The predicted octanol–water partition coefficient (Wildman–Crippen LogP) is 1.70. The second-order valence-electron chi connectivity index (χ2n) is 4.99. The van der Waals surface area contributed by atoms with Gasteiger partial charge in [-0.05, 0) is 50.5 Å². The number of nitrogens with one attached hydrogen (secondary N) is 1. The van der Waals surface area contributed by atoms with Gasteiger partial charge in [0.2, 0.25) is 0 Å². The van der Waals surface area contributed by atoms with Gasteiger partial charge < -0.3 is 15.2 Å². The largest absolute Gasteiger partial charge is 0.496 e. The number of carbonyl (C=O) groups is 1. The van der Waals surface area contributed by atoms with E-state index < -0.39 is 5.60 Å². The smallest absolute Gasteiger partial charge is 0.251 e. The van der Waals surface area contributed by atoms with Crippen LogP contribution in [0.1, 0.15) is 30.5 Å². The highest BCUT2D eigenvalue weighted by molar-refractivity contribution is 5.83. The third-order valence-corrected chi connectivity index (χ3v) is 2.85. The molecule has 2 N–H and O–H groups in total. The highest BCUT2D eigenvalue weighted by atomic mass is 16.5. The van der Waals surface area contributed by atoms with Crippen molar-refractivity contribution < 1.29 is 14.6 Å². The Morgan fingerprint density at radius 3 is 2.44 bits per heavy atom. The van der Waals surface area contributed by atoms with Crippen LogP contribution in [0.3, 0.4) is 0 Å². The molecular formula is C14H21NO3. The Morgan fingerprint density at radius 2 is 1.94 bits per heavy atom. The molecule has 4 nitrogen and oxygen atoms in total. The van der Waals surface area contributed by atoms with Gasteiger partial charge in [-0.15, -0.1) is 0 Å². The second kappa shape index (κ2) is 5.40. The van der Waals surface area contributed by atoms with Crippen LogP contribution in [0.25, 0.3) is 0 Å². The zero-order valence-electron chi connectivity index (χ0n) is 11.6. The van der Waals surface area contributed by atoms with Crippen LogP contribution in [0, 0.1) is 13.8 Å². The fourth-order valence-corrected chi connectivity index (χ4v) is 1.65. The lowest BCUT2D eigenvalue weighted by Gasteiger charge is -2.18. The summed E-state index contributed by atoms with van der Waals surface area (Å²) in [6.07, 6.45) is 0. The van der Waals surface area contributed by atoms with Crippen molar-refractivity contribution >= 4 is 5.91 Å². The molecular weight excluding hydrogens is 230 g/mol. The first-order valence-electron chi connectivity index (χ1n) is 5.90. The monoisotopic (exact) mass is 251 g/mol. The van der Waals surface area contributed by atoms with E-state index in [1.165, 1.54) is 13.8 Å². The van der Waals surface area contributed by atoms with Crippen LogP contribution in [0.15, 0.2) is 12.1 Å². The summed E-state index contributed by atoms with van der Waals surface area (Å²) in [5.41, 5.74) is 1.74. The average molecular weight is 251 g/mol. The maximum absolute atomic E-state index is 11.6. The molecule has 0 unspecified atom stereocenters. The van der Waals surface area contributed by atoms with Crippen molar-refractivity contribution in [2.24, 2.45) is 0 Å². The van der Waals surface area contributed by atoms with Gasteiger partial charge in [-0.3, -0.25) is 4.79 Å². The second-order valence-corrected chi connectivity index (χ2v) is 4.99. The molecule has 0 aliphatic rings. The number of hydrogen-bond donors (Lipinski definition) is 2. The van der Waals surface area contributed by atoms with E-state index in [0.29, 0.717) is 6.54 Å². The van der Waals surface area contributed by atoms with Crippen LogP contribution in [-0.4, -0.2) is 23.7 Å². The quantitative estimate of drug-likeness (QED) is 0.856. The van der Waals surface area contributed by atoms with E-state index in [1.54, 1.807) is 7.11 Å². The first-order valence-corrected chi connectivity index (χ1v) is 5.90. The van der Waals surface area contributed by atoms with Gasteiger partial charge in [0.25, 0.3) is 5.91 Å². The van der Waals surface area contributed by atoms with E-state index in [0.717, 1.165) is 22.4 Å². The van der Waals surface area contributed by atoms with E-state index in [1.807, 2.05) is 26.0 Å². The van der Waals surface area contributed by atoms with E-state index in [2.05, 4.69) is 5.32 Å². The van der Waals surface area contributed by atoms with Gasteiger partial charge in [-0.25, -0.2) is 0 Å². The van der Waals surface area contributed by atoms with Crippen molar-refractivity contribution in [2.45, 2.75) is 39.8 Å². The van der Waals surface area contributed by atoms with Crippen molar-refractivity contribution in [1.29, 1.82) is 0 Å². The summed E-state index contributed by atoms with van der Waals surface area (Å²) in [5.74, 6) is 0.459. The number of aliphatic hydroxyl groups is 1. The lowest BCUT2D eigenvalue weighted by atomic mass is 10.0. The number of rotatable bonds is 4. The Kier molecular flexibility index (Phi) is 4.35. The predicted molar refractivity (Wildman–Crippen MR) is 70.6 cm³/mol. The Balaban J connectivity index is 2.81. The van der Waals surface area contributed by atoms with Crippen LogP contribution in [0.5, 0.6) is 5.75 Å². The lowest BCUT2D eigenvalue weighted by molar-refractivity contribution is -0.136. The van der Waals surface area contributed by atoms with Crippen molar-refractivity contribution in [3.63, 3.8) is 0 Å². The van der Waals surface area contributed by atoms with E-state index >= 15 is 0 Å². The molecule has 0 heterocycles. The van der Waals surface area contributed by atoms with Crippen LogP contribution in [0.4, 0.5) is 0 Å². The third kappa shape index (κ3) is 3.47. The maximum Gasteiger partial charge on any atom is 0.251 e. The summed E-state index contributed by atoms with van der Waals surface area (Å²) in [5, 5.41) is 12.3. The molecule has 0 aliphatic heterocycles. The highest BCUT2D eigenvalue weighted by Crippen LogP contribution is 2.22. The van der Waals surface area contributed by atoms with E-state index in [4.69, 9.17) is 4.74 Å². The van der Waals surface area contributed by atoms with Crippen molar-refractivity contribution in [2.75, 3.05) is 7.11 Å². The number of methoxy groups -OCH3 is 1. The van der Waals surface area contributed by atoms with E-state index in [-0.39, 0.29) is 5.91 Å². The van der Waals surface area contributed by atoms with E-state index in [9.17, 15) is 9.90 Å². The summed E-state index contributed by atoms with van der Waals surface area (Å²) in [6, 6.07) is 3.93. The number of benzene rings is 1. The number of carbonyl (C=O) groups excluding carboxylic acids is 1. The number of aryl methyl sites for hydroxylation is 2. The molecule has 0 aromatic heterocycles. The first-order chi connectivity index (χ1) is 8.25. The van der Waals surface area contributed by atoms with Gasteiger partial charge >= 0.3 is 0 Å². The summed E-state index contributed by atoms with van der Waals surface area (Å²) in [4.78, 5) is 11.6. The minimum atomic E-state index is -1.35. The SMILES string of the molecule is COc1cc(C)c(CNC(=O)C(C)(C)O)cc1C. The van der Waals surface area contributed by atoms with Gasteiger partial charge in [0.1, 0.15) is 11.4 Å². The fraction of sp³-hybridized carbons (Fsp3) is 0.500. The molecule has 0 saturated carbocycles. The molecule has 1 aromatic carbocycles. The topological polar surface area (TPSA) is 58.6 Å². The molecule has 4 heteroatoms. The third-order valence-electron chi connectivity index (χ3n) is 2.85. The average Bonchev–Trinajstić information content (AvgIpc) is 2.27. The van der Waals surface area contributed by atoms with Crippen LogP contribution in [0.2, 0.25) is 0 Å². The van der Waals surface area contributed by atoms with Crippen LogP contribution in [-0.2, 0) is 11.3 Å². The number of amides is 1. The van der Waals surface area contributed by atoms with Gasteiger partial charge in [-0.1, -0.05) is 6.07 Å². The molecule has 0 saturated heterocycles. The Hall–Kier alpha value is -1.55. The zero-order valence-corrected chi connectivity index (χ0v) is 11.6. The molecule has 1 amide bonds. The van der Waals surface area contributed by atoms with Gasteiger partial charge in [0, 0.05) is 6.54 Å². The lowest BCUT2D eigenvalue weighted by Crippen LogP contribution is -2.41.